The largest absolute Gasteiger partial charge is 0.339 e. The lowest BCUT2D eigenvalue weighted by atomic mass is 9.98. The number of nitrogens with zero attached hydrogens (tertiary/aromatic N) is 1. The minimum atomic E-state index is 0.123. The fourth-order valence-electron chi connectivity index (χ4n) is 3.64. The average molecular weight is 285 g/mol. The molecule has 0 saturated carbocycles. The van der Waals surface area contributed by atoms with Crippen LogP contribution in [0.4, 0.5) is 0 Å². The zero-order valence-corrected chi connectivity index (χ0v) is 12.7. The minimum Gasteiger partial charge on any atom is -0.339 e. The van der Waals surface area contributed by atoms with Crippen LogP contribution in [-0.4, -0.2) is 29.7 Å². The molecule has 0 N–H and O–H groups in total. The summed E-state index contributed by atoms with van der Waals surface area (Å²) in [6, 6.07) is 5.60. The van der Waals surface area contributed by atoms with Crippen molar-refractivity contribution >= 4 is 11.7 Å². The molecule has 1 heterocycles. The summed E-state index contributed by atoms with van der Waals surface area (Å²) in [7, 11) is 0. The molecule has 2 aliphatic rings. The lowest BCUT2D eigenvalue weighted by Gasteiger charge is -2.22. The molecule has 1 amide bonds. The molecule has 1 aliphatic heterocycles. The Labute approximate surface area is 126 Å². The Hall–Kier alpha value is -1.64. The second-order valence-corrected chi connectivity index (χ2v) is 6.25. The second kappa shape index (κ2) is 6.00. The number of carbonyl (C=O) groups is 2. The van der Waals surface area contributed by atoms with Crippen LogP contribution in [0.25, 0.3) is 0 Å². The van der Waals surface area contributed by atoms with E-state index >= 15 is 0 Å². The fraction of sp³-hybridized carbons (Fsp3) is 0.556. The average Bonchev–Trinajstić information content (AvgIpc) is 2.75. The molecule has 112 valence electrons. The van der Waals surface area contributed by atoms with E-state index in [1.807, 2.05) is 23.1 Å². The van der Waals surface area contributed by atoms with Crippen molar-refractivity contribution in [1.82, 2.24) is 4.90 Å². The van der Waals surface area contributed by atoms with E-state index in [0.29, 0.717) is 6.42 Å². The molecule has 1 atom stereocenters. The Balaban J connectivity index is 1.81. The number of likely N-dealkylation sites (tertiary alicyclic amines) is 1. The molecule has 0 spiro atoms. The van der Waals surface area contributed by atoms with Crippen LogP contribution in [0.3, 0.4) is 0 Å². The maximum atomic E-state index is 12.8. The number of hydrogen-bond donors (Lipinski definition) is 0. The van der Waals surface area contributed by atoms with E-state index in [1.165, 1.54) is 12.8 Å². The monoisotopic (exact) mass is 285 g/mol. The normalized spacial score (nSPS) is 22.0. The lowest BCUT2D eigenvalue weighted by molar-refractivity contribution is 0.0758. The smallest absolute Gasteiger partial charge is 0.254 e. The van der Waals surface area contributed by atoms with Gasteiger partial charge in [0.1, 0.15) is 0 Å². The van der Waals surface area contributed by atoms with Gasteiger partial charge in [-0.15, -0.1) is 0 Å². The highest BCUT2D eigenvalue weighted by Gasteiger charge is 2.27. The van der Waals surface area contributed by atoms with Gasteiger partial charge in [-0.2, -0.15) is 0 Å². The first kappa shape index (κ1) is 14.3. The molecule has 0 aromatic heterocycles. The van der Waals surface area contributed by atoms with Crippen molar-refractivity contribution < 1.29 is 9.59 Å². The van der Waals surface area contributed by atoms with Crippen molar-refractivity contribution in [2.45, 2.75) is 45.4 Å². The summed E-state index contributed by atoms with van der Waals surface area (Å²) in [6.07, 6.45) is 5.91. The molecule has 3 nitrogen and oxygen atoms in total. The van der Waals surface area contributed by atoms with Gasteiger partial charge in [-0.25, -0.2) is 0 Å². The highest BCUT2D eigenvalue weighted by atomic mass is 16.2. The molecule has 1 unspecified atom stereocenters. The van der Waals surface area contributed by atoms with Crippen molar-refractivity contribution in [3.8, 4) is 0 Å². The minimum absolute atomic E-state index is 0.123. The van der Waals surface area contributed by atoms with Crippen LogP contribution in [0.1, 0.15) is 65.3 Å². The van der Waals surface area contributed by atoms with Crippen LogP contribution >= 0.6 is 0 Å². The Bertz CT molecular complexity index is 564. The van der Waals surface area contributed by atoms with Gasteiger partial charge in [0.05, 0.1) is 0 Å². The number of Topliss-reactive ketones (excluding diaryl/α,β-unsaturated/α-hetero) is 1. The van der Waals surface area contributed by atoms with Crippen LogP contribution in [0, 0.1) is 5.92 Å². The predicted molar refractivity (Wildman–Crippen MR) is 82.6 cm³/mol. The van der Waals surface area contributed by atoms with Crippen LogP contribution < -0.4 is 0 Å². The fourth-order valence-corrected chi connectivity index (χ4v) is 3.64. The number of benzene rings is 1. The molecule has 3 heteroatoms. The van der Waals surface area contributed by atoms with E-state index in [2.05, 4.69) is 6.92 Å². The first-order chi connectivity index (χ1) is 10.2. The molecule has 1 saturated heterocycles. The van der Waals surface area contributed by atoms with Crippen molar-refractivity contribution in [2.75, 3.05) is 13.1 Å². The Kier molecular flexibility index (Phi) is 4.09. The molecule has 1 fully saturated rings. The molecule has 1 aromatic rings. The van der Waals surface area contributed by atoms with E-state index in [0.717, 1.165) is 55.0 Å². The van der Waals surface area contributed by atoms with E-state index in [1.54, 1.807) is 0 Å². The van der Waals surface area contributed by atoms with Crippen molar-refractivity contribution in [3.05, 3.63) is 34.9 Å². The number of ketones is 1. The van der Waals surface area contributed by atoms with Gasteiger partial charge in [0, 0.05) is 30.6 Å². The molecule has 0 bridgehead atoms. The third kappa shape index (κ3) is 2.74. The van der Waals surface area contributed by atoms with Crippen molar-refractivity contribution in [2.24, 2.45) is 5.92 Å². The van der Waals surface area contributed by atoms with Gasteiger partial charge < -0.3 is 4.90 Å². The molecular formula is C18H23NO2. The first-order valence-electron chi connectivity index (χ1n) is 8.15. The van der Waals surface area contributed by atoms with Crippen LogP contribution in [-0.2, 0) is 6.42 Å². The summed E-state index contributed by atoms with van der Waals surface area (Å²) in [5.41, 5.74) is 2.50. The Morgan fingerprint density at radius 3 is 2.90 bits per heavy atom. The zero-order chi connectivity index (χ0) is 14.8. The molecular weight excluding hydrogens is 262 g/mol. The standard InChI is InChI=1S/C18H23NO2/c1-2-13-5-4-11-19(12-10-13)18(21)16-7-3-6-15-14(16)8-9-17(15)20/h3,6-7,13H,2,4-5,8-12H2,1H3. The molecule has 1 aliphatic carbocycles. The molecule has 21 heavy (non-hydrogen) atoms. The van der Waals surface area contributed by atoms with Gasteiger partial charge in [-0.3, -0.25) is 9.59 Å². The number of rotatable bonds is 2. The SMILES string of the molecule is CCC1CCCN(C(=O)c2cccc3c2CCC3=O)CC1. The summed E-state index contributed by atoms with van der Waals surface area (Å²) in [5, 5.41) is 0. The van der Waals surface area contributed by atoms with Gasteiger partial charge in [0.15, 0.2) is 5.78 Å². The summed E-state index contributed by atoms with van der Waals surface area (Å²) in [5.74, 6) is 1.06. The van der Waals surface area contributed by atoms with E-state index in [4.69, 9.17) is 0 Å². The first-order valence-corrected chi connectivity index (χ1v) is 8.15. The Morgan fingerprint density at radius 1 is 1.24 bits per heavy atom. The topological polar surface area (TPSA) is 37.4 Å². The van der Waals surface area contributed by atoms with Gasteiger partial charge in [-0.1, -0.05) is 25.5 Å². The van der Waals surface area contributed by atoms with Gasteiger partial charge in [0.25, 0.3) is 5.91 Å². The van der Waals surface area contributed by atoms with Crippen LogP contribution in [0.2, 0.25) is 0 Å². The molecule has 0 radical (unpaired) electrons. The third-order valence-corrected chi connectivity index (χ3v) is 5.02. The maximum Gasteiger partial charge on any atom is 0.254 e. The van der Waals surface area contributed by atoms with E-state index in [9.17, 15) is 9.59 Å². The van der Waals surface area contributed by atoms with E-state index < -0.39 is 0 Å². The van der Waals surface area contributed by atoms with Crippen molar-refractivity contribution in [3.63, 3.8) is 0 Å². The highest BCUT2D eigenvalue weighted by molar-refractivity contribution is 6.05. The van der Waals surface area contributed by atoms with E-state index in [-0.39, 0.29) is 11.7 Å². The van der Waals surface area contributed by atoms with Crippen molar-refractivity contribution in [1.29, 1.82) is 0 Å². The van der Waals surface area contributed by atoms with Gasteiger partial charge >= 0.3 is 0 Å². The number of hydrogen-bond acceptors (Lipinski definition) is 2. The quantitative estimate of drug-likeness (QED) is 0.834. The number of carbonyl (C=O) groups excluding carboxylic acids is 2. The molecule has 1 aromatic carbocycles. The molecule has 3 rings (SSSR count). The summed E-state index contributed by atoms with van der Waals surface area (Å²) < 4.78 is 0. The predicted octanol–water partition coefficient (Wildman–Crippen LogP) is 3.47. The summed E-state index contributed by atoms with van der Waals surface area (Å²) >= 11 is 0. The number of fused-ring (bicyclic) bond motifs is 1. The summed E-state index contributed by atoms with van der Waals surface area (Å²) in [4.78, 5) is 26.7. The zero-order valence-electron chi connectivity index (χ0n) is 12.7. The Morgan fingerprint density at radius 2 is 2.10 bits per heavy atom. The third-order valence-electron chi connectivity index (χ3n) is 5.02. The highest BCUT2D eigenvalue weighted by Crippen LogP contribution is 2.27. The van der Waals surface area contributed by atoms with Crippen LogP contribution in [0.5, 0.6) is 0 Å². The maximum absolute atomic E-state index is 12.8. The van der Waals surface area contributed by atoms with Gasteiger partial charge in [0.2, 0.25) is 0 Å². The number of amides is 1. The summed E-state index contributed by atoms with van der Waals surface area (Å²) in [6.45, 7) is 3.94. The second-order valence-electron chi connectivity index (χ2n) is 6.25. The lowest BCUT2D eigenvalue weighted by Crippen LogP contribution is -2.32. The van der Waals surface area contributed by atoms with Gasteiger partial charge in [-0.05, 0) is 43.2 Å². The van der Waals surface area contributed by atoms with Crippen LogP contribution in [0.15, 0.2) is 18.2 Å².